The first-order chi connectivity index (χ1) is 9.54. The van der Waals surface area contributed by atoms with Crippen LogP contribution in [0.2, 0.25) is 0 Å². The van der Waals surface area contributed by atoms with Crippen LogP contribution in [0.25, 0.3) is 0 Å². The standard InChI is InChI=1S/C15H14FNO2S/c1-9(2)19-11-4-6-13-15(8-11)20(18)14-7-10(16)3-5-12(14)17-13/h3-9,17H,1-2H3. The summed E-state index contributed by atoms with van der Waals surface area (Å²) in [5.41, 5.74) is 1.44. The van der Waals surface area contributed by atoms with E-state index >= 15 is 0 Å². The van der Waals surface area contributed by atoms with Gasteiger partial charge in [0.2, 0.25) is 0 Å². The Bertz CT molecular complexity index is 700. The van der Waals surface area contributed by atoms with Crippen LogP contribution in [0.1, 0.15) is 13.8 Å². The van der Waals surface area contributed by atoms with Gasteiger partial charge in [0.1, 0.15) is 11.6 Å². The van der Waals surface area contributed by atoms with E-state index in [1.54, 1.807) is 12.1 Å². The minimum atomic E-state index is -1.41. The predicted molar refractivity (Wildman–Crippen MR) is 76.6 cm³/mol. The van der Waals surface area contributed by atoms with E-state index in [9.17, 15) is 8.60 Å². The average Bonchev–Trinajstić information content (AvgIpc) is 2.40. The molecule has 0 radical (unpaired) electrons. The zero-order valence-electron chi connectivity index (χ0n) is 11.1. The summed E-state index contributed by atoms with van der Waals surface area (Å²) in [6, 6.07) is 9.66. The molecule has 0 fully saturated rings. The summed E-state index contributed by atoms with van der Waals surface area (Å²) in [7, 11) is -1.41. The lowest BCUT2D eigenvalue weighted by Crippen LogP contribution is -2.10. The molecule has 0 aromatic heterocycles. The fraction of sp³-hybridized carbons (Fsp3) is 0.200. The zero-order valence-corrected chi connectivity index (χ0v) is 12.0. The van der Waals surface area contributed by atoms with Crippen LogP contribution in [0, 0.1) is 5.82 Å². The van der Waals surface area contributed by atoms with Crippen molar-refractivity contribution in [2.45, 2.75) is 29.7 Å². The molecule has 0 saturated heterocycles. The molecule has 2 aromatic rings. The van der Waals surface area contributed by atoms with Crippen molar-refractivity contribution < 1.29 is 13.3 Å². The van der Waals surface area contributed by atoms with Gasteiger partial charge in [0.25, 0.3) is 0 Å². The normalized spacial score (nSPS) is 16.3. The summed E-state index contributed by atoms with van der Waals surface area (Å²) >= 11 is 0. The third-order valence-electron chi connectivity index (χ3n) is 2.94. The van der Waals surface area contributed by atoms with Crippen molar-refractivity contribution in [2.24, 2.45) is 0 Å². The number of hydrogen-bond acceptors (Lipinski definition) is 3. The Hall–Kier alpha value is -1.88. The molecule has 1 atom stereocenters. The molecular weight excluding hydrogens is 277 g/mol. The Morgan fingerprint density at radius 2 is 1.75 bits per heavy atom. The summed E-state index contributed by atoms with van der Waals surface area (Å²) < 4.78 is 31.5. The van der Waals surface area contributed by atoms with Crippen molar-refractivity contribution in [3.8, 4) is 5.75 Å². The van der Waals surface area contributed by atoms with Crippen LogP contribution >= 0.6 is 0 Å². The predicted octanol–water partition coefficient (Wildman–Crippen LogP) is 3.84. The number of rotatable bonds is 2. The Kier molecular flexibility index (Phi) is 3.22. The maximum Gasteiger partial charge on any atom is 0.124 e. The molecule has 5 heteroatoms. The molecule has 104 valence electrons. The minimum absolute atomic E-state index is 0.0442. The van der Waals surface area contributed by atoms with Gasteiger partial charge in [0.15, 0.2) is 0 Å². The van der Waals surface area contributed by atoms with Crippen LogP contribution in [0.3, 0.4) is 0 Å². The number of nitrogens with one attached hydrogen (secondary N) is 1. The van der Waals surface area contributed by atoms with Gasteiger partial charge in [-0.15, -0.1) is 0 Å². The van der Waals surface area contributed by atoms with Crippen molar-refractivity contribution in [1.82, 2.24) is 0 Å². The molecule has 1 aliphatic heterocycles. The van der Waals surface area contributed by atoms with Crippen LogP contribution in [0.4, 0.5) is 15.8 Å². The van der Waals surface area contributed by atoms with Crippen molar-refractivity contribution in [3.05, 3.63) is 42.2 Å². The lowest BCUT2D eigenvalue weighted by molar-refractivity contribution is 0.242. The number of ether oxygens (including phenoxy) is 1. The van der Waals surface area contributed by atoms with Crippen LogP contribution in [-0.4, -0.2) is 10.3 Å². The second-order valence-electron chi connectivity index (χ2n) is 4.86. The monoisotopic (exact) mass is 291 g/mol. The topological polar surface area (TPSA) is 38.3 Å². The SMILES string of the molecule is CC(C)Oc1ccc2c(c1)S(=O)c1cc(F)ccc1N2. The summed E-state index contributed by atoms with van der Waals surface area (Å²) in [6.45, 7) is 3.86. The van der Waals surface area contributed by atoms with Crippen molar-refractivity contribution >= 4 is 22.2 Å². The summed E-state index contributed by atoms with van der Waals surface area (Å²) in [5.74, 6) is 0.269. The maximum atomic E-state index is 13.3. The van der Waals surface area contributed by atoms with E-state index < -0.39 is 16.6 Å². The molecule has 0 saturated carbocycles. The molecule has 1 aliphatic rings. The van der Waals surface area contributed by atoms with E-state index in [0.29, 0.717) is 21.2 Å². The van der Waals surface area contributed by atoms with Crippen molar-refractivity contribution in [1.29, 1.82) is 0 Å². The molecule has 1 unspecified atom stereocenters. The van der Waals surface area contributed by atoms with Gasteiger partial charge in [0, 0.05) is 0 Å². The van der Waals surface area contributed by atoms with Gasteiger partial charge >= 0.3 is 0 Å². The van der Waals surface area contributed by atoms with Crippen molar-refractivity contribution in [2.75, 3.05) is 5.32 Å². The van der Waals surface area contributed by atoms with Gasteiger partial charge in [-0.2, -0.15) is 0 Å². The van der Waals surface area contributed by atoms with Gasteiger partial charge in [-0.05, 0) is 50.2 Å². The van der Waals surface area contributed by atoms with E-state index in [4.69, 9.17) is 4.74 Å². The number of anilines is 2. The first-order valence-electron chi connectivity index (χ1n) is 6.33. The van der Waals surface area contributed by atoms with E-state index in [-0.39, 0.29) is 6.10 Å². The molecule has 1 heterocycles. The highest BCUT2D eigenvalue weighted by Crippen LogP contribution is 2.38. The average molecular weight is 291 g/mol. The van der Waals surface area contributed by atoms with Crippen LogP contribution in [-0.2, 0) is 10.8 Å². The summed E-state index contributed by atoms with van der Waals surface area (Å²) in [4.78, 5) is 1.07. The smallest absolute Gasteiger partial charge is 0.124 e. The van der Waals surface area contributed by atoms with Gasteiger partial charge in [-0.3, -0.25) is 0 Å². The molecule has 0 bridgehead atoms. The molecule has 2 aromatic carbocycles. The second kappa shape index (κ2) is 4.90. The number of fused-ring (bicyclic) bond motifs is 2. The number of benzene rings is 2. The maximum absolute atomic E-state index is 13.3. The van der Waals surface area contributed by atoms with Crippen LogP contribution < -0.4 is 10.1 Å². The lowest BCUT2D eigenvalue weighted by Gasteiger charge is -2.21. The highest BCUT2D eigenvalue weighted by molar-refractivity contribution is 7.85. The van der Waals surface area contributed by atoms with Crippen LogP contribution in [0.5, 0.6) is 5.75 Å². The van der Waals surface area contributed by atoms with Crippen LogP contribution in [0.15, 0.2) is 46.2 Å². The fourth-order valence-corrected chi connectivity index (χ4v) is 3.44. The zero-order chi connectivity index (χ0) is 14.3. The van der Waals surface area contributed by atoms with Gasteiger partial charge in [-0.25, -0.2) is 8.60 Å². The Labute approximate surface area is 119 Å². The quantitative estimate of drug-likeness (QED) is 0.779. The van der Waals surface area contributed by atoms with E-state index in [2.05, 4.69) is 5.32 Å². The Balaban J connectivity index is 2.05. The van der Waals surface area contributed by atoms with Gasteiger partial charge in [0.05, 0.1) is 38.1 Å². The molecule has 0 aliphatic carbocycles. The second-order valence-corrected chi connectivity index (χ2v) is 6.28. The molecule has 0 amide bonds. The number of hydrogen-bond donors (Lipinski definition) is 1. The number of halogens is 1. The first-order valence-corrected chi connectivity index (χ1v) is 7.48. The molecular formula is C15H14FNO2S. The van der Waals surface area contributed by atoms with Gasteiger partial charge in [-0.1, -0.05) is 0 Å². The molecule has 1 N–H and O–H groups in total. The van der Waals surface area contributed by atoms with E-state index in [1.807, 2.05) is 26.0 Å². The van der Waals surface area contributed by atoms with E-state index in [0.717, 1.165) is 5.69 Å². The largest absolute Gasteiger partial charge is 0.491 e. The van der Waals surface area contributed by atoms with Gasteiger partial charge < -0.3 is 10.1 Å². The van der Waals surface area contributed by atoms with E-state index in [1.165, 1.54) is 12.1 Å². The highest BCUT2D eigenvalue weighted by Gasteiger charge is 2.23. The summed E-state index contributed by atoms with van der Waals surface area (Å²) in [6.07, 6.45) is 0.0442. The molecule has 3 nitrogen and oxygen atoms in total. The Morgan fingerprint density at radius 3 is 2.45 bits per heavy atom. The molecule has 20 heavy (non-hydrogen) atoms. The lowest BCUT2D eigenvalue weighted by atomic mass is 10.2. The fourth-order valence-electron chi connectivity index (χ4n) is 2.12. The molecule has 3 rings (SSSR count). The third kappa shape index (κ3) is 2.29. The minimum Gasteiger partial charge on any atom is -0.491 e. The summed E-state index contributed by atoms with van der Waals surface area (Å²) in [5, 5.41) is 3.16. The first kappa shape index (κ1) is 13.1. The van der Waals surface area contributed by atoms with Crippen molar-refractivity contribution in [3.63, 3.8) is 0 Å². The highest BCUT2D eigenvalue weighted by atomic mass is 32.2. The third-order valence-corrected chi connectivity index (χ3v) is 4.41. The molecule has 0 spiro atoms. The Morgan fingerprint density at radius 1 is 1.10 bits per heavy atom.